The second-order valence-electron chi connectivity index (χ2n) is 5.60. The first-order valence-corrected chi connectivity index (χ1v) is 9.40. The average molecular weight is 394 g/mol. The Labute approximate surface area is 149 Å². The van der Waals surface area contributed by atoms with Crippen molar-refractivity contribution in [3.8, 4) is 0 Å². The van der Waals surface area contributed by atoms with Gasteiger partial charge in [-0.05, 0) is 35.7 Å². The molecule has 0 aliphatic carbocycles. The third-order valence-corrected chi connectivity index (χ3v) is 5.38. The fourth-order valence-corrected chi connectivity index (χ4v) is 3.58. The number of halogens is 1. The van der Waals surface area contributed by atoms with Crippen LogP contribution in [0.3, 0.4) is 0 Å². The van der Waals surface area contributed by atoms with Gasteiger partial charge in [-0.15, -0.1) is 11.3 Å². The molecular weight excluding hydrogens is 374 g/mol. The first-order valence-electron chi connectivity index (χ1n) is 7.73. The van der Waals surface area contributed by atoms with Gasteiger partial charge in [-0.25, -0.2) is 0 Å². The maximum atomic E-state index is 12.0. The highest BCUT2D eigenvalue weighted by Gasteiger charge is 2.19. The van der Waals surface area contributed by atoms with Crippen LogP contribution in [-0.4, -0.2) is 43.5 Å². The Morgan fingerprint density at radius 3 is 2.52 bits per heavy atom. The van der Waals surface area contributed by atoms with Crippen molar-refractivity contribution in [1.29, 1.82) is 0 Å². The Morgan fingerprint density at radius 2 is 1.87 bits per heavy atom. The van der Waals surface area contributed by atoms with E-state index in [9.17, 15) is 4.79 Å². The molecule has 0 spiro atoms. The molecule has 122 valence electrons. The zero-order chi connectivity index (χ0) is 16.1. The van der Waals surface area contributed by atoms with E-state index in [1.54, 1.807) is 11.3 Å². The number of benzene rings is 1. The summed E-state index contributed by atoms with van der Waals surface area (Å²) in [6.07, 6.45) is 0. The molecule has 0 saturated carbocycles. The topological polar surface area (TPSA) is 35.6 Å². The van der Waals surface area contributed by atoms with Gasteiger partial charge in [0.05, 0.1) is 13.1 Å². The molecule has 2 aromatic rings. The van der Waals surface area contributed by atoms with E-state index in [2.05, 4.69) is 55.3 Å². The minimum absolute atomic E-state index is 0.107. The van der Waals surface area contributed by atoms with Crippen LogP contribution >= 0.6 is 27.3 Å². The Kier molecular flexibility index (Phi) is 5.70. The zero-order valence-electron chi connectivity index (χ0n) is 12.9. The van der Waals surface area contributed by atoms with Crippen LogP contribution in [0.5, 0.6) is 0 Å². The lowest BCUT2D eigenvalue weighted by atomic mass is 10.2. The third-order valence-electron chi connectivity index (χ3n) is 3.97. The van der Waals surface area contributed by atoms with Crippen LogP contribution in [0, 0.1) is 0 Å². The Hall–Kier alpha value is -1.37. The van der Waals surface area contributed by atoms with E-state index in [1.807, 2.05) is 17.5 Å². The lowest BCUT2D eigenvalue weighted by molar-refractivity contribution is -0.122. The molecule has 4 nitrogen and oxygen atoms in total. The maximum Gasteiger partial charge on any atom is 0.234 e. The molecule has 0 radical (unpaired) electrons. The minimum Gasteiger partial charge on any atom is -0.369 e. The third kappa shape index (κ3) is 4.80. The molecule has 0 unspecified atom stereocenters. The van der Waals surface area contributed by atoms with Gasteiger partial charge in [-0.2, -0.15) is 0 Å². The van der Waals surface area contributed by atoms with Crippen molar-refractivity contribution in [3.63, 3.8) is 0 Å². The van der Waals surface area contributed by atoms with Gasteiger partial charge in [0.15, 0.2) is 0 Å². The van der Waals surface area contributed by atoms with Gasteiger partial charge < -0.3 is 10.2 Å². The van der Waals surface area contributed by atoms with E-state index >= 15 is 0 Å². The molecule has 0 bridgehead atoms. The van der Waals surface area contributed by atoms with E-state index < -0.39 is 0 Å². The SMILES string of the molecule is O=C(CN1CCN(c2ccc(Br)cc2)CC1)NCc1cccs1. The zero-order valence-corrected chi connectivity index (χ0v) is 15.3. The summed E-state index contributed by atoms with van der Waals surface area (Å²) in [5.41, 5.74) is 1.25. The van der Waals surface area contributed by atoms with Crippen molar-refractivity contribution < 1.29 is 4.79 Å². The van der Waals surface area contributed by atoms with Gasteiger partial charge in [0.2, 0.25) is 5.91 Å². The van der Waals surface area contributed by atoms with E-state index in [4.69, 9.17) is 0 Å². The molecule has 23 heavy (non-hydrogen) atoms. The van der Waals surface area contributed by atoms with Crippen LogP contribution in [0.4, 0.5) is 5.69 Å². The van der Waals surface area contributed by atoms with Crippen LogP contribution in [-0.2, 0) is 11.3 Å². The van der Waals surface area contributed by atoms with Crippen LogP contribution < -0.4 is 10.2 Å². The average Bonchev–Trinajstić information content (AvgIpc) is 3.08. The normalized spacial score (nSPS) is 15.6. The predicted octanol–water partition coefficient (Wildman–Crippen LogP) is 2.95. The maximum absolute atomic E-state index is 12.0. The minimum atomic E-state index is 0.107. The van der Waals surface area contributed by atoms with Crippen molar-refractivity contribution in [2.45, 2.75) is 6.54 Å². The molecule has 3 rings (SSSR count). The molecule has 1 N–H and O–H groups in total. The number of carbonyl (C=O) groups excluding carboxylic acids is 1. The lowest BCUT2D eigenvalue weighted by Gasteiger charge is -2.35. The highest BCUT2D eigenvalue weighted by molar-refractivity contribution is 9.10. The summed E-state index contributed by atoms with van der Waals surface area (Å²) in [6.45, 7) is 4.87. The summed E-state index contributed by atoms with van der Waals surface area (Å²) in [5, 5.41) is 5.02. The predicted molar refractivity (Wildman–Crippen MR) is 99.0 cm³/mol. The smallest absolute Gasteiger partial charge is 0.234 e. The molecule has 1 aliphatic rings. The van der Waals surface area contributed by atoms with Crippen LogP contribution in [0.2, 0.25) is 0 Å². The molecule has 0 atom stereocenters. The molecular formula is C17H20BrN3OS. The van der Waals surface area contributed by atoms with Crippen molar-refractivity contribution in [3.05, 3.63) is 51.1 Å². The molecule has 1 aliphatic heterocycles. The summed E-state index contributed by atoms with van der Waals surface area (Å²) in [5.74, 6) is 0.107. The Balaban J connectivity index is 1.42. The van der Waals surface area contributed by atoms with E-state index in [0.717, 1.165) is 30.7 Å². The van der Waals surface area contributed by atoms with Gasteiger partial charge in [-0.1, -0.05) is 22.0 Å². The number of nitrogens with zero attached hydrogens (tertiary/aromatic N) is 2. The molecule has 1 amide bonds. The van der Waals surface area contributed by atoms with E-state index in [-0.39, 0.29) is 5.91 Å². The number of hydrogen-bond donors (Lipinski definition) is 1. The largest absolute Gasteiger partial charge is 0.369 e. The highest BCUT2D eigenvalue weighted by atomic mass is 79.9. The van der Waals surface area contributed by atoms with Crippen molar-refractivity contribution in [1.82, 2.24) is 10.2 Å². The standard InChI is InChI=1S/C17H20BrN3OS/c18-14-3-5-15(6-4-14)21-9-7-20(8-10-21)13-17(22)19-12-16-2-1-11-23-16/h1-6,11H,7-10,12-13H2,(H,19,22). The fourth-order valence-electron chi connectivity index (χ4n) is 2.67. The molecule has 1 fully saturated rings. The second-order valence-corrected chi connectivity index (χ2v) is 7.54. The van der Waals surface area contributed by atoms with Crippen LogP contribution in [0.1, 0.15) is 4.88 Å². The molecule has 1 aromatic heterocycles. The van der Waals surface area contributed by atoms with Gasteiger partial charge in [0, 0.05) is 41.2 Å². The number of amides is 1. The number of rotatable bonds is 5. The number of nitrogens with one attached hydrogen (secondary N) is 1. The van der Waals surface area contributed by atoms with E-state index in [0.29, 0.717) is 13.1 Å². The summed E-state index contributed by atoms with van der Waals surface area (Å²) < 4.78 is 1.10. The van der Waals surface area contributed by atoms with Crippen molar-refractivity contribution >= 4 is 38.9 Å². The van der Waals surface area contributed by atoms with Gasteiger partial charge in [-0.3, -0.25) is 9.69 Å². The number of piperazine rings is 1. The number of carbonyl (C=O) groups is 1. The van der Waals surface area contributed by atoms with Crippen molar-refractivity contribution in [2.75, 3.05) is 37.6 Å². The van der Waals surface area contributed by atoms with Gasteiger partial charge in [0.25, 0.3) is 0 Å². The van der Waals surface area contributed by atoms with E-state index in [1.165, 1.54) is 10.6 Å². The van der Waals surface area contributed by atoms with Crippen molar-refractivity contribution in [2.24, 2.45) is 0 Å². The van der Waals surface area contributed by atoms with Crippen LogP contribution in [0.15, 0.2) is 46.3 Å². The Bertz CT molecular complexity index is 622. The number of hydrogen-bond acceptors (Lipinski definition) is 4. The molecule has 6 heteroatoms. The summed E-state index contributed by atoms with van der Waals surface area (Å²) in [6, 6.07) is 12.5. The van der Waals surface area contributed by atoms with Crippen LogP contribution in [0.25, 0.3) is 0 Å². The summed E-state index contributed by atoms with van der Waals surface area (Å²) in [7, 11) is 0. The highest BCUT2D eigenvalue weighted by Crippen LogP contribution is 2.19. The first kappa shape index (κ1) is 16.5. The second kappa shape index (κ2) is 7.95. The molecule has 2 heterocycles. The first-order chi connectivity index (χ1) is 11.2. The summed E-state index contributed by atoms with van der Waals surface area (Å²) >= 11 is 5.14. The lowest BCUT2D eigenvalue weighted by Crippen LogP contribution is -2.49. The molecule has 1 aromatic carbocycles. The fraction of sp³-hybridized carbons (Fsp3) is 0.353. The monoisotopic (exact) mass is 393 g/mol. The Morgan fingerprint density at radius 1 is 1.13 bits per heavy atom. The van der Waals surface area contributed by atoms with Gasteiger partial charge in [0.1, 0.15) is 0 Å². The summed E-state index contributed by atoms with van der Waals surface area (Å²) in [4.78, 5) is 17.8. The van der Waals surface area contributed by atoms with Gasteiger partial charge >= 0.3 is 0 Å². The molecule has 1 saturated heterocycles. The number of anilines is 1. The quantitative estimate of drug-likeness (QED) is 0.847. The number of thiophene rings is 1.